The van der Waals surface area contributed by atoms with E-state index in [1.54, 1.807) is 10.8 Å². The molecule has 0 saturated heterocycles. The highest BCUT2D eigenvalue weighted by Gasteiger charge is 2.41. The summed E-state index contributed by atoms with van der Waals surface area (Å²) in [7, 11) is 0. The second-order valence-corrected chi connectivity index (χ2v) is 6.68. The standard InChI is InChI=1S/C20H21N3O2/c1-14(2)20(24,18-19-21-13-23(18)22-19)12-25-17-10-8-16(9-11-17)15-6-4-3-5-7-15/h3-11,13-14,22,24H,12H2,1-2H3. The van der Waals surface area contributed by atoms with Crippen molar-refractivity contribution in [2.45, 2.75) is 19.4 Å². The first kappa shape index (κ1) is 15.7. The van der Waals surface area contributed by atoms with E-state index in [0.717, 1.165) is 22.7 Å². The normalized spacial score (nSPS) is 14.2. The van der Waals surface area contributed by atoms with Crippen LogP contribution in [0.4, 0.5) is 0 Å². The van der Waals surface area contributed by atoms with E-state index in [9.17, 15) is 5.11 Å². The molecule has 3 aromatic heterocycles. The lowest BCUT2D eigenvalue weighted by Crippen LogP contribution is -2.41. The van der Waals surface area contributed by atoms with E-state index in [4.69, 9.17) is 4.74 Å². The first-order valence-electron chi connectivity index (χ1n) is 8.43. The lowest BCUT2D eigenvalue weighted by Gasteiger charge is -2.33. The van der Waals surface area contributed by atoms with Gasteiger partial charge in [-0.25, -0.2) is 9.50 Å². The van der Waals surface area contributed by atoms with E-state index in [1.807, 2.05) is 56.3 Å². The van der Waals surface area contributed by atoms with Crippen LogP contribution in [0.3, 0.4) is 0 Å². The van der Waals surface area contributed by atoms with Crippen molar-refractivity contribution in [3.05, 3.63) is 66.6 Å². The zero-order valence-electron chi connectivity index (χ0n) is 14.3. The van der Waals surface area contributed by atoms with Crippen LogP contribution < -0.4 is 4.74 Å². The van der Waals surface area contributed by atoms with Crippen LogP contribution in [0.5, 0.6) is 5.75 Å². The zero-order chi connectivity index (χ0) is 17.4. The molecule has 5 nitrogen and oxygen atoms in total. The molecular weight excluding hydrogens is 314 g/mol. The van der Waals surface area contributed by atoms with Crippen molar-refractivity contribution in [1.29, 1.82) is 0 Å². The second kappa shape index (κ2) is 5.93. The summed E-state index contributed by atoms with van der Waals surface area (Å²) in [6.45, 7) is 4.14. The Morgan fingerprint density at radius 3 is 2.32 bits per heavy atom. The fourth-order valence-electron chi connectivity index (χ4n) is 3.07. The Morgan fingerprint density at radius 1 is 1.08 bits per heavy atom. The Labute approximate surface area is 146 Å². The topological polar surface area (TPSA) is 62.6 Å². The predicted molar refractivity (Wildman–Crippen MR) is 96.8 cm³/mol. The Balaban J connectivity index is 1.50. The lowest BCUT2D eigenvalue weighted by atomic mass is 9.87. The monoisotopic (exact) mass is 335 g/mol. The quantitative estimate of drug-likeness (QED) is 0.565. The highest BCUT2D eigenvalue weighted by Crippen LogP contribution is 2.34. The molecule has 0 aliphatic heterocycles. The van der Waals surface area contributed by atoms with E-state index in [-0.39, 0.29) is 12.5 Å². The van der Waals surface area contributed by atoms with Gasteiger partial charge in [0.05, 0.1) is 0 Å². The van der Waals surface area contributed by atoms with Crippen LogP contribution in [0, 0.1) is 5.92 Å². The number of imidazole rings is 1. The van der Waals surface area contributed by atoms with Crippen LogP contribution in [0.1, 0.15) is 19.5 Å². The molecule has 5 aromatic rings. The number of nitrogens with zero attached hydrogens (tertiary/aromatic N) is 2. The van der Waals surface area contributed by atoms with E-state index in [2.05, 4.69) is 22.2 Å². The van der Waals surface area contributed by atoms with E-state index < -0.39 is 5.60 Å². The summed E-state index contributed by atoms with van der Waals surface area (Å²) in [5.74, 6) is 0.729. The summed E-state index contributed by atoms with van der Waals surface area (Å²) in [6.07, 6.45) is 1.67. The maximum absolute atomic E-state index is 11.1. The number of fused-ring (bicyclic) bond motifs is 1. The van der Waals surface area contributed by atoms with Crippen molar-refractivity contribution in [3.63, 3.8) is 0 Å². The molecule has 0 radical (unpaired) electrons. The van der Waals surface area contributed by atoms with Gasteiger partial charge in [0.2, 0.25) is 0 Å². The number of aromatic nitrogens is 3. The zero-order valence-corrected chi connectivity index (χ0v) is 14.3. The van der Waals surface area contributed by atoms with Crippen molar-refractivity contribution in [1.82, 2.24) is 14.6 Å². The van der Waals surface area contributed by atoms with E-state index in [0.29, 0.717) is 0 Å². The molecule has 0 fully saturated rings. The molecule has 25 heavy (non-hydrogen) atoms. The summed E-state index contributed by atoms with van der Waals surface area (Å²) in [5, 5.41) is 14.2. The maximum Gasteiger partial charge on any atom is 0.171 e. The maximum atomic E-state index is 11.1. The predicted octanol–water partition coefficient (Wildman–Crippen LogP) is 3.69. The lowest BCUT2D eigenvalue weighted by molar-refractivity contribution is -0.0542. The van der Waals surface area contributed by atoms with Gasteiger partial charge >= 0.3 is 0 Å². The van der Waals surface area contributed by atoms with Gasteiger partial charge in [-0.05, 0) is 29.2 Å². The number of hydrogen-bond donors (Lipinski definition) is 2. The third-order valence-corrected chi connectivity index (χ3v) is 4.78. The number of aliphatic hydroxyl groups is 1. The number of aromatic amines is 1. The number of rotatable bonds is 6. The van der Waals surface area contributed by atoms with Crippen molar-refractivity contribution < 1.29 is 9.84 Å². The fourth-order valence-corrected chi connectivity index (χ4v) is 3.07. The number of nitrogens with one attached hydrogen (secondary N) is 1. The van der Waals surface area contributed by atoms with E-state index in [1.165, 1.54) is 5.56 Å². The molecule has 5 rings (SSSR count). The molecule has 0 saturated carbocycles. The van der Waals surface area contributed by atoms with Gasteiger partial charge in [0.15, 0.2) is 5.65 Å². The van der Waals surface area contributed by atoms with Gasteiger partial charge in [0, 0.05) is 0 Å². The minimum atomic E-state index is -1.09. The second-order valence-electron chi connectivity index (χ2n) is 6.68. The fraction of sp³-hybridized carbons (Fsp3) is 0.250. The average Bonchev–Trinajstić information content (AvgIpc) is 3.26. The van der Waals surface area contributed by atoms with Gasteiger partial charge in [0.1, 0.15) is 30.0 Å². The van der Waals surface area contributed by atoms with Crippen LogP contribution in [0.25, 0.3) is 16.8 Å². The van der Waals surface area contributed by atoms with Gasteiger partial charge < -0.3 is 9.84 Å². The third-order valence-electron chi connectivity index (χ3n) is 4.78. The molecule has 1 atom stereocenters. The number of ether oxygens (including phenoxy) is 1. The van der Waals surface area contributed by atoms with Crippen molar-refractivity contribution >= 4 is 5.65 Å². The first-order valence-corrected chi connectivity index (χ1v) is 8.43. The largest absolute Gasteiger partial charge is 0.490 e. The highest BCUT2D eigenvalue weighted by atomic mass is 16.5. The van der Waals surface area contributed by atoms with Crippen molar-refractivity contribution in [3.8, 4) is 16.9 Å². The molecule has 0 aliphatic rings. The minimum absolute atomic E-state index is 0.00704. The number of hydrogen-bond acceptors (Lipinski definition) is 3. The SMILES string of the molecule is CC(C)C(O)(COc1ccc(-c2ccccc2)cc1)c1c2ncn1[nH]2. The smallest absolute Gasteiger partial charge is 0.171 e. The van der Waals surface area contributed by atoms with Crippen LogP contribution in [-0.4, -0.2) is 26.3 Å². The Kier molecular flexibility index (Phi) is 3.73. The summed E-state index contributed by atoms with van der Waals surface area (Å²) in [6, 6.07) is 18.1. The number of benzene rings is 2. The van der Waals surface area contributed by atoms with Crippen molar-refractivity contribution in [2.24, 2.45) is 5.92 Å². The molecule has 0 aliphatic carbocycles. The average molecular weight is 335 g/mol. The van der Waals surface area contributed by atoms with Gasteiger partial charge in [0.25, 0.3) is 0 Å². The first-order chi connectivity index (χ1) is 12.1. The van der Waals surface area contributed by atoms with Crippen LogP contribution in [0.2, 0.25) is 0 Å². The Hall–Kier alpha value is -2.79. The van der Waals surface area contributed by atoms with Crippen molar-refractivity contribution in [2.75, 3.05) is 6.61 Å². The molecular formula is C20H21N3O2. The molecule has 5 heteroatoms. The molecule has 2 N–H and O–H groups in total. The van der Waals surface area contributed by atoms with Gasteiger partial charge in [-0.3, -0.25) is 5.10 Å². The Bertz CT molecular complexity index is 906. The minimum Gasteiger partial charge on any atom is -0.490 e. The van der Waals surface area contributed by atoms with E-state index >= 15 is 0 Å². The van der Waals surface area contributed by atoms with Crippen LogP contribution >= 0.6 is 0 Å². The highest BCUT2D eigenvalue weighted by molar-refractivity contribution is 5.63. The third kappa shape index (κ3) is 2.66. The molecule has 0 amide bonds. The molecule has 1 unspecified atom stereocenters. The molecule has 2 aromatic carbocycles. The van der Waals surface area contributed by atoms with Gasteiger partial charge in [-0.1, -0.05) is 56.3 Å². The van der Waals surface area contributed by atoms with Crippen LogP contribution in [0.15, 0.2) is 60.9 Å². The van der Waals surface area contributed by atoms with Crippen LogP contribution in [-0.2, 0) is 5.60 Å². The summed E-state index contributed by atoms with van der Waals surface area (Å²) >= 11 is 0. The summed E-state index contributed by atoms with van der Waals surface area (Å²) in [4.78, 5) is 4.19. The summed E-state index contributed by atoms with van der Waals surface area (Å²) in [5.41, 5.74) is 2.72. The van der Waals surface area contributed by atoms with Gasteiger partial charge in [-0.2, -0.15) is 0 Å². The number of H-pyrrole nitrogens is 1. The molecule has 0 spiro atoms. The molecule has 3 heterocycles. The van der Waals surface area contributed by atoms with Gasteiger partial charge in [-0.15, -0.1) is 0 Å². The summed E-state index contributed by atoms with van der Waals surface area (Å²) < 4.78 is 7.66. The molecule has 128 valence electrons. The Morgan fingerprint density at radius 2 is 1.76 bits per heavy atom. The molecule has 2 bridgehead atoms.